The average Bonchev–Trinajstić information content (AvgIpc) is 2.22. The van der Waals surface area contributed by atoms with Crippen LogP contribution in [0.4, 0.5) is 0 Å². The van der Waals surface area contributed by atoms with Gasteiger partial charge >= 0.3 is 0 Å². The van der Waals surface area contributed by atoms with E-state index in [1.807, 2.05) is 6.92 Å². The number of hydrogen-bond acceptors (Lipinski definition) is 4. The first kappa shape index (κ1) is 14.0. The van der Waals surface area contributed by atoms with Crippen LogP contribution < -0.4 is 10.8 Å². The first-order chi connectivity index (χ1) is 6.88. The standard InChI is InChI=1S/C6H2Cl2O4.C2H7N/c7-1-3(9)5(11)2(8)6(12)4(1)10;1-2-3/h9,12H;2-3H2,1H3. The van der Waals surface area contributed by atoms with Gasteiger partial charge < -0.3 is 15.9 Å². The highest BCUT2D eigenvalue weighted by Crippen LogP contribution is 2.24. The Morgan fingerprint density at radius 1 is 1.27 bits per heavy atom. The van der Waals surface area contributed by atoms with Crippen molar-refractivity contribution in [2.24, 2.45) is 0 Å². The summed E-state index contributed by atoms with van der Waals surface area (Å²) < 4.78 is 0. The largest absolute Gasteiger partial charge is 0.869 e. The molecule has 0 fully saturated rings. The van der Waals surface area contributed by atoms with Crippen LogP contribution in [-0.4, -0.2) is 23.2 Å². The van der Waals surface area contributed by atoms with E-state index < -0.39 is 33.1 Å². The number of carbonyl (C=O) groups excluding carboxylic acids is 2. The second kappa shape index (κ2) is 5.75. The summed E-state index contributed by atoms with van der Waals surface area (Å²) in [6.45, 7) is 3.01. The summed E-state index contributed by atoms with van der Waals surface area (Å²) in [4.78, 5) is 21.5. The van der Waals surface area contributed by atoms with Crippen LogP contribution in [0.1, 0.15) is 6.92 Å². The molecule has 15 heavy (non-hydrogen) atoms. The van der Waals surface area contributed by atoms with Crippen LogP contribution in [0.25, 0.3) is 0 Å². The normalized spacial score (nSPS) is 16.5. The Kier molecular flexibility index (Phi) is 5.35. The number of ketones is 2. The van der Waals surface area contributed by atoms with E-state index >= 15 is 0 Å². The smallest absolute Gasteiger partial charge is 0.239 e. The maximum atomic E-state index is 10.8. The Balaban J connectivity index is 0.000000583. The lowest BCUT2D eigenvalue weighted by molar-refractivity contribution is -0.361. The molecule has 4 N–H and O–H groups in total. The molecule has 0 atom stereocenters. The molecule has 84 valence electrons. The molecule has 7 heteroatoms. The van der Waals surface area contributed by atoms with Crippen molar-refractivity contribution in [1.82, 2.24) is 0 Å². The van der Waals surface area contributed by atoms with Crippen molar-refractivity contribution in [3.63, 3.8) is 0 Å². The molecule has 0 aromatic carbocycles. The number of rotatable bonds is 0. The number of halogens is 2. The summed E-state index contributed by atoms with van der Waals surface area (Å²) in [5.74, 6) is -4.46. The Morgan fingerprint density at radius 3 is 2.07 bits per heavy atom. The molecular weight excluding hydrogens is 245 g/mol. The van der Waals surface area contributed by atoms with E-state index in [-0.39, 0.29) is 0 Å². The lowest BCUT2D eigenvalue weighted by Gasteiger charge is -2.17. The molecule has 1 rings (SSSR count). The van der Waals surface area contributed by atoms with Gasteiger partial charge in [-0.25, -0.2) is 0 Å². The molecule has 0 aliphatic heterocycles. The van der Waals surface area contributed by atoms with Gasteiger partial charge in [-0.2, -0.15) is 0 Å². The molecule has 5 nitrogen and oxygen atoms in total. The van der Waals surface area contributed by atoms with Gasteiger partial charge in [0.1, 0.15) is 5.03 Å². The second-order valence-electron chi connectivity index (χ2n) is 2.46. The number of hydrogen-bond donors (Lipinski definition) is 2. The van der Waals surface area contributed by atoms with E-state index in [9.17, 15) is 14.7 Å². The summed E-state index contributed by atoms with van der Waals surface area (Å²) in [7, 11) is 0. The Bertz CT molecular complexity index is 298. The van der Waals surface area contributed by atoms with Crippen molar-refractivity contribution in [3.8, 4) is 0 Å². The van der Waals surface area contributed by atoms with E-state index in [2.05, 4.69) is 5.73 Å². The van der Waals surface area contributed by atoms with Crippen LogP contribution in [0.5, 0.6) is 0 Å². The second-order valence-corrected chi connectivity index (χ2v) is 3.22. The van der Waals surface area contributed by atoms with Crippen molar-refractivity contribution in [2.45, 2.75) is 6.92 Å². The summed E-state index contributed by atoms with van der Waals surface area (Å²) in [5, 5.41) is 17.9. The molecule has 0 saturated carbocycles. The molecular formula is C8H9Cl2NO4. The number of aliphatic hydroxyl groups is 1. The molecule has 0 amide bonds. The van der Waals surface area contributed by atoms with E-state index in [1.54, 1.807) is 0 Å². The number of aliphatic hydroxyl groups excluding tert-OH is 1. The van der Waals surface area contributed by atoms with Crippen molar-refractivity contribution in [2.75, 3.05) is 6.54 Å². The third-order valence-electron chi connectivity index (χ3n) is 1.23. The van der Waals surface area contributed by atoms with Crippen LogP contribution in [0.15, 0.2) is 21.6 Å². The molecule has 0 spiro atoms. The first-order valence-electron chi connectivity index (χ1n) is 3.92. The fourth-order valence-corrected chi connectivity index (χ4v) is 0.961. The molecule has 0 unspecified atom stereocenters. The van der Waals surface area contributed by atoms with Gasteiger partial charge in [-0.15, -0.1) is 0 Å². The highest BCUT2D eigenvalue weighted by atomic mass is 35.5. The van der Waals surface area contributed by atoms with Crippen molar-refractivity contribution in [1.29, 1.82) is 0 Å². The van der Waals surface area contributed by atoms with Crippen molar-refractivity contribution >= 4 is 34.8 Å². The average molecular weight is 254 g/mol. The van der Waals surface area contributed by atoms with Gasteiger partial charge in [0.15, 0.2) is 11.5 Å². The third kappa shape index (κ3) is 2.95. The Hall–Kier alpha value is -1.04. The Labute approximate surface area is 95.8 Å². The van der Waals surface area contributed by atoms with E-state index in [1.165, 1.54) is 0 Å². The summed E-state index contributed by atoms with van der Waals surface area (Å²) in [6.07, 6.45) is 0. The predicted octanol–water partition coefficient (Wildman–Crippen LogP) is -0.794. The highest BCUT2D eigenvalue weighted by molar-refractivity contribution is 6.55. The third-order valence-corrected chi connectivity index (χ3v) is 1.92. The minimum atomic E-state index is -1.19. The fraction of sp³-hybridized carbons (Fsp3) is 0.250. The lowest BCUT2D eigenvalue weighted by atomic mass is 10.1. The Morgan fingerprint density at radius 2 is 1.67 bits per heavy atom. The SMILES string of the molecule is CC[NH3+].O=C1C(O)=C(Cl)C(=O)C([O-])=C1Cl. The molecule has 0 radical (unpaired) electrons. The number of Topliss-reactive ketones (excluding diaryl/α,β-unsaturated/α-hetero) is 2. The lowest BCUT2D eigenvalue weighted by Crippen LogP contribution is -2.48. The van der Waals surface area contributed by atoms with Crippen LogP contribution in [-0.2, 0) is 9.59 Å². The zero-order valence-electron chi connectivity index (χ0n) is 7.84. The summed E-state index contributed by atoms with van der Waals surface area (Å²) in [5.41, 5.74) is 3.49. The maximum absolute atomic E-state index is 10.8. The van der Waals surface area contributed by atoms with Gasteiger partial charge in [-0.05, 0) is 12.7 Å². The summed E-state index contributed by atoms with van der Waals surface area (Å²) >= 11 is 10.3. The van der Waals surface area contributed by atoms with Crippen LogP contribution in [0.2, 0.25) is 0 Å². The number of carbonyl (C=O) groups is 2. The van der Waals surface area contributed by atoms with Gasteiger partial charge in [0, 0.05) is 0 Å². The van der Waals surface area contributed by atoms with E-state index in [0.29, 0.717) is 0 Å². The predicted molar refractivity (Wildman–Crippen MR) is 51.8 cm³/mol. The minimum Gasteiger partial charge on any atom is -0.869 e. The van der Waals surface area contributed by atoms with Crippen molar-refractivity contribution in [3.05, 3.63) is 21.6 Å². The molecule has 0 saturated heterocycles. The van der Waals surface area contributed by atoms with E-state index in [4.69, 9.17) is 28.3 Å². The maximum Gasteiger partial charge on any atom is 0.239 e. The molecule has 0 bridgehead atoms. The molecule has 1 aliphatic carbocycles. The monoisotopic (exact) mass is 253 g/mol. The molecule has 0 aromatic rings. The number of allylic oxidation sites excluding steroid dienone is 2. The van der Waals surface area contributed by atoms with Crippen LogP contribution >= 0.6 is 23.2 Å². The van der Waals surface area contributed by atoms with Gasteiger partial charge in [0.05, 0.1) is 11.6 Å². The van der Waals surface area contributed by atoms with Gasteiger partial charge in [0.2, 0.25) is 5.78 Å². The minimum absolute atomic E-state index is 0.783. The zero-order chi connectivity index (χ0) is 12.2. The summed E-state index contributed by atoms with van der Waals surface area (Å²) in [6, 6.07) is 0. The molecule has 0 aromatic heterocycles. The van der Waals surface area contributed by atoms with E-state index in [0.717, 1.165) is 6.54 Å². The molecule has 1 aliphatic rings. The fourth-order valence-electron chi connectivity index (χ4n) is 0.614. The van der Waals surface area contributed by atoms with Crippen LogP contribution in [0.3, 0.4) is 0 Å². The first-order valence-corrected chi connectivity index (χ1v) is 4.68. The van der Waals surface area contributed by atoms with Crippen molar-refractivity contribution < 1.29 is 25.5 Å². The molecule has 0 heterocycles. The van der Waals surface area contributed by atoms with Gasteiger partial charge in [0.25, 0.3) is 0 Å². The highest BCUT2D eigenvalue weighted by Gasteiger charge is 2.28. The van der Waals surface area contributed by atoms with Gasteiger partial charge in [-0.3, -0.25) is 9.59 Å². The van der Waals surface area contributed by atoms with Crippen LogP contribution in [0, 0.1) is 0 Å². The topological polar surface area (TPSA) is 105 Å². The van der Waals surface area contributed by atoms with Gasteiger partial charge in [-0.1, -0.05) is 23.2 Å². The zero-order valence-corrected chi connectivity index (χ0v) is 9.35. The quantitative estimate of drug-likeness (QED) is 0.552. The number of quaternary nitrogens is 1.